The highest BCUT2D eigenvalue weighted by molar-refractivity contribution is 7.09. The molecule has 1 saturated heterocycles. The smallest absolute Gasteiger partial charge is 0.234 e. The molecule has 0 radical (unpaired) electrons. The van der Waals surface area contributed by atoms with E-state index in [1.165, 1.54) is 10.4 Å². The van der Waals surface area contributed by atoms with Crippen molar-refractivity contribution in [2.45, 2.75) is 58.9 Å². The van der Waals surface area contributed by atoms with E-state index in [2.05, 4.69) is 78.9 Å². The first-order valence-corrected chi connectivity index (χ1v) is 13.1. The van der Waals surface area contributed by atoms with Crippen LogP contribution in [0, 0.1) is 11.8 Å². The summed E-state index contributed by atoms with van der Waals surface area (Å²) >= 11 is 1.73. The molecule has 2 heterocycles. The van der Waals surface area contributed by atoms with E-state index < -0.39 is 0 Å². The van der Waals surface area contributed by atoms with Crippen molar-refractivity contribution in [1.82, 2.24) is 15.5 Å². The first-order chi connectivity index (χ1) is 15.8. The van der Waals surface area contributed by atoms with E-state index in [0.717, 1.165) is 37.9 Å². The topological polar surface area (TPSA) is 61.4 Å². The minimum atomic E-state index is 0.00498. The zero-order chi connectivity index (χ0) is 23.8. The van der Waals surface area contributed by atoms with Crippen LogP contribution in [-0.2, 0) is 16.0 Å². The van der Waals surface area contributed by atoms with Crippen LogP contribution in [0.25, 0.3) is 0 Å². The summed E-state index contributed by atoms with van der Waals surface area (Å²) in [7, 11) is 0. The first-order valence-electron chi connectivity index (χ1n) is 12.2. The van der Waals surface area contributed by atoms with E-state index >= 15 is 0 Å². The van der Waals surface area contributed by atoms with Gasteiger partial charge in [0.1, 0.15) is 0 Å². The molecule has 1 aromatic heterocycles. The summed E-state index contributed by atoms with van der Waals surface area (Å²) in [6.07, 6.45) is 2.50. The summed E-state index contributed by atoms with van der Waals surface area (Å²) in [5.41, 5.74) is 2.46. The minimum absolute atomic E-state index is 0.00498. The number of benzene rings is 1. The number of likely N-dealkylation sites (tertiary alicyclic amines) is 1. The Labute approximate surface area is 203 Å². The van der Waals surface area contributed by atoms with Crippen molar-refractivity contribution in [1.29, 1.82) is 0 Å². The van der Waals surface area contributed by atoms with Crippen molar-refractivity contribution in [2.75, 3.05) is 26.2 Å². The molecule has 6 heteroatoms. The lowest BCUT2D eigenvalue weighted by atomic mass is 9.93. The molecule has 33 heavy (non-hydrogen) atoms. The Morgan fingerprint density at radius 3 is 2.27 bits per heavy atom. The Morgan fingerprint density at radius 2 is 1.70 bits per heavy atom. The number of thiophene rings is 1. The average molecular weight is 470 g/mol. The number of carbonyl (C=O) groups excluding carboxylic acids is 2. The van der Waals surface area contributed by atoms with Crippen LogP contribution in [0.1, 0.15) is 68.5 Å². The first kappa shape index (κ1) is 25.4. The Morgan fingerprint density at radius 1 is 1.03 bits per heavy atom. The second-order valence-corrected chi connectivity index (χ2v) is 10.8. The zero-order valence-corrected chi connectivity index (χ0v) is 21.3. The number of amides is 2. The van der Waals surface area contributed by atoms with Crippen molar-refractivity contribution in [3.05, 3.63) is 57.8 Å². The number of carbonyl (C=O) groups is 2. The van der Waals surface area contributed by atoms with Gasteiger partial charge in [0.15, 0.2) is 0 Å². The maximum absolute atomic E-state index is 12.8. The van der Waals surface area contributed by atoms with Gasteiger partial charge in [-0.25, -0.2) is 0 Å². The lowest BCUT2D eigenvalue weighted by molar-refractivity contribution is -0.127. The van der Waals surface area contributed by atoms with Crippen molar-refractivity contribution >= 4 is 23.2 Å². The largest absolute Gasteiger partial charge is 0.355 e. The molecule has 0 saturated carbocycles. The SMILES string of the molecule is CC(C)c1ccc(C(NC(=O)CN2CCC(C(=O)NCCc3cccs3)CC2)C(C)C)cc1. The summed E-state index contributed by atoms with van der Waals surface area (Å²) in [5, 5.41) is 8.39. The molecule has 180 valence electrons. The van der Waals surface area contributed by atoms with E-state index in [9.17, 15) is 9.59 Å². The fraction of sp³-hybridized carbons (Fsp3) is 0.556. The van der Waals surface area contributed by atoms with Crippen LogP contribution in [0.4, 0.5) is 0 Å². The van der Waals surface area contributed by atoms with Gasteiger partial charge in [0.05, 0.1) is 12.6 Å². The van der Waals surface area contributed by atoms with Crippen molar-refractivity contribution in [3.8, 4) is 0 Å². The van der Waals surface area contributed by atoms with Gasteiger partial charge in [0.25, 0.3) is 0 Å². The van der Waals surface area contributed by atoms with Crippen molar-refractivity contribution in [3.63, 3.8) is 0 Å². The predicted molar refractivity (Wildman–Crippen MR) is 136 cm³/mol. The van der Waals surface area contributed by atoms with Crippen LogP contribution in [-0.4, -0.2) is 42.9 Å². The van der Waals surface area contributed by atoms with E-state index in [1.54, 1.807) is 11.3 Å². The molecule has 5 nitrogen and oxygen atoms in total. The fourth-order valence-corrected chi connectivity index (χ4v) is 5.12. The number of hydrogen-bond acceptors (Lipinski definition) is 4. The zero-order valence-electron chi connectivity index (χ0n) is 20.5. The molecular weight excluding hydrogens is 430 g/mol. The molecule has 2 amide bonds. The van der Waals surface area contributed by atoms with Gasteiger partial charge < -0.3 is 10.6 Å². The third-order valence-electron chi connectivity index (χ3n) is 6.52. The molecule has 1 aliphatic heterocycles. The van der Waals surface area contributed by atoms with Crippen LogP contribution < -0.4 is 10.6 Å². The number of rotatable bonds is 10. The molecule has 2 aromatic rings. The summed E-state index contributed by atoms with van der Waals surface area (Å²) in [5.74, 6) is 1.07. The highest BCUT2D eigenvalue weighted by Crippen LogP contribution is 2.24. The number of nitrogens with one attached hydrogen (secondary N) is 2. The Bertz CT molecular complexity index is 869. The molecule has 0 spiro atoms. The average Bonchev–Trinajstić information content (AvgIpc) is 3.31. The maximum atomic E-state index is 12.8. The standard InChI is InChI=1S/C27H39N3O2S/c1-19(2)21-7-9-22(10-8-21)26(20(3)4)29-25(31)18-30-15-12-23(13-16-30)27(32)28-14-11-24-6-5-17-33-24/h5-10,17,19-20,23,26H,11-16,18H2,1-4H3,(H,28,32)(H,29,31). The molecule has 1 aliphatic rings. The van der Waals surface area contributed by atoms with Crippen LogP contribution in [0.5, 0.6) is 0 Å². The highest BCUT2D eigenvalue weighted by Gasteiger charge is 2.26. The Hall–Kier alpha value is -2.18. The van der Waals surface area contributed by atoms with Gasteiger partial charge >= 0.3 is 0 Å². The minimum Gasteiger partial charge on any atom is -0.355 e. The van der Waals surface area contributed by atoms with Crippen LogP contribution in [0.3, 0.4) is 0 Å². The molecule has 3 rings (SSSR count). The van der Waals surface area contributed by atoms with Crippen molar-refractivity contribution < 1.29 is 9.59 Å². The third-order valence-corrected chi connectivity index (χ3v) is 7.46. The summed E-state index contributed by atoms with van der Waals surface area (Å²) < 4.78 is 0. The van der Waals surface area contributed by atoms with Gasteiger partial charge in [0.2, 0.25) is 11.8 Å². The van der Waals surface area contributed by atoms with Gasteiger partial charge in [-0.15, -0.1) is 11.3 Å². The molecule has 1 atom stereocenters. The summed E-state index contributed by atoms with van der Waals surface area (Å²) in [6, 6.07) is 12.8. The lowest BCUT2D eigenvalue weighted by Gasteiger charge is -2.31. The fourth-order valence-electron chi connectivity index (χ4n) is 4.41. The molecule has 1 unspecified atom stereocenters. The molecule has 0 aliphatic carbocycles. The maximum Gasteiger partial charge on any atom is 0.234 e. The molecular formula is C27H39N3O2S. The quantitative estimate of drug-likeness (QED) is 0.528. The second-order valence-electron chi connectivity index (χ2n) is 9.78. The van der Waals surface area contributed by atoms with Crippen LogP contribution in [0.2, 0.25) is 0 Å². The predicted octanol–water partition coefficient (Wildman–Crippen LogP) is 4.76. The summed E-state index contributed by atoms with van der Waals surface area (Å²) in [6.45, 7) is 11.3. The number of piperidine rings is 1. The van der Waals surface area contributed by atoms with E-state index in [-0.39, 0.29) is 23.8 Å². The van der Waals surface area contributed by atoms with Gasteiger partial charge in [0, 0.05) is 17.3 Å². The normalized spacial score (nSPS) is 16.2. The van der Waals surface area contributed by atoms with Crippen molar-refractivity contribution in [2.24, 2.45) is 11.8 Å². The van der Waals surface area contributed by atoms with Gasteiger partial charge in [-0.2, -0.15) is 0 Å². The lowest BCUT2D eigenvalue weighted by Crippen LogP contribution is -2.45. The second kappa shape index (κ2) is 12.3. The molecule has 0 bridgehead atoms. The van der Waals surface area contributed by atoms with Crippen LogP contribution >= 0.6 is 11.3 Å². The third kappa shape index (κ3) is 7.68. The molecule has 2 N–H and O–H groups in total. The summed E-state index contributed by atoms with van der Waals surface area (Å²) in [4.78, 5) is 28.8. The van der Waals surface area contributed by atoms with Gasteiger partial charge in [-0.05, 0) is 66.8 Å². The monoisotopic (exact) mass is 469 g/mol. The molecule has 1 fully saturated rings. The van der Waals surface area contributed by atoms with Gasteiger partial charge in [-0.1, -0.05) is 58.0 Å². The Kier molecular flexibility index (Phi) is 9.51. The van der Waals surface area contributed by atoms with Crippen LogP contribution in [0.15, 0.2) is 41.8 Å². The van der Waals surface area contributed by atoms with E-state index in [1.807, 2.05) is 6.07 Å². The van der Waals surface area contributed by atoms with Gasteiger partial charge in [-0.3, -0.25) is 14.5 Å². The number of nitrogens with zero attached hydrogens (tertiary/aromatic N) is 1. The Balaban J connectivity index is 1.42. The molecule has 1 aromatic carbocycles. The highest BCUT2D eigenvalue weighted by atomic mass is 32.1. The van der Waals surface area contributed by atoms with E-state index in [4.69, 9.17) is 0 Å². The van der Waals surface area contributed by atoms with E-state index in [0.29, 0.717) is 24.9 Å². The number of hydrogen-bond donors (Lipinski definition) is 2.